The summed E-state index contributed by atoms with van der Waals surface area (Å²) in [5, 5.41) is 5.89. The van der Waals surface area contributed by atoms with Crippen LogP contribution in [0.4, 0.5) is 15.8 Å². The van der Waals surface area contributed by atoms with Crippen molar-refractivity contribution in [2.45, 2.75) is 26.5 Å². The van der Waals surface area contributed by atoms with E-state index in [4.69, 9.17) is 4.74 Å². The lowest BCUT2D eigenvalue weighted by Gasteiger charge is -2.11. The third-order valence-electron chi connectivity index (χ3n) is 3.92. The van der Waals surface area contributed by atoms with Crippen molar-refractivity contribution in [1.82, 2.24) is 4.98 Å². The summed E-state index contributed by atoms with van der Waals surface area (Å²) >= 11 is 0. The highest BCUT2D eigenvalue weighted by Gasteiger charge is 2.08. The Balaban J connectivity index is 1.56. The maximum atomic E-state index is 13.6. The number of hydrogen-bond donors (Lipinski definition) is 2. The number of ether oxygens (including phenoxy) is 1. The van der Waals surface area contributed by atoms with Gasteiger partial charge < -0.3 is 15.4 Å². The number of carbonyl (C=O) groups excluding carboxylic acids is 1. The molecule has 1 heterocycles. The maximum Gasteiger partial charge on any atom is 0.274 e. The SMILES string of the molecule is CC(C)Oc1ccc(NC(=O)c2ccc(NCc3ccccc3F)cn2)cc1. The van der Waals surface area contributed by atoms with Gasteiger partial charge >= 0.3 is 0 Å². The molecule has 0 atom stereocenters. The first-order valence-corrected chi connectivity index (χ1v) is 9.02. The van der Waals surface area contributed by atoms with Crippen LogP contribution in [0.15, 0.2) is 66.9 Å². The molecular formula is C22H22FN3O2. The molecule has 1 amide bonds. The molecule has 0 bridgehead atoms. The van der Waals surface area contributed by atoms with Crippen molar-refractivity contribution in [2.75, 3.05) is 10.6 Å². The van der Waals surface area contributed by atoms with E-state index in [1.54, 1.807) is 60.8 Å². The molecule has 0 spiro atoms. The van der Waals surface area contributed by atoms with Crippen molar-refractivity contribution in [3.05, 3.63) is 83.9 Å². The molecule has 0 aliphatic rings. The summed E-state index contributed by atoms with van der Waals surface area (Å²) in [7, 11) is 0. The Bertz CT molecular complexity index is 925. The van der Waals surface area contributed by atoms with Gasteiger partial charge in [-0.3, -0.25) is 4.79 Å². The third-order valence-corrected chi connectivity index (χ3v) is 3.92. The molecule has 2 aromatic carbocycles. The Morgan fingerprint density at radius 3 is 2.39 bits per heavy atom. The Morgan fingerprint density at radius 2 is 1.75 bits per heavy atom. The van der Waals surface area contributed by atoms with E-state index >= 15 is 0 Å². The first-order chi connectivity index (χ1) is 13.5. The van der Waals surface area contributed by atoms with E-state index in [1.165, 1.54) is 6.07 Å². The van der Waals surface area contributed by atoms with Crippen LogP contribution in [0.25, 0.3) is 0 Å². The van der Waals surface area contributed by atoms with Crippen LogP contribution in [0.1, 0.15) is 29.9 Å². The Kier molecular flexibility index (Phi) is 6.22. The fourth-order valence-electron chi connectivity index (χ4n) is 2.56. The summed E-state index contributed by atoms with van der Waals surface area (Å²) in [6.07, 6.45) is 1.64. The van der Waals surface area contributed by atoms with E-state index in [1.807, 2.05) is 13.8 Å². The number of carbonyl (C=O) groups is 1. The highest BCUT2D eigenvalue weighted by atomic mass is 19.1. The second-order valence-corrected chi connectivity index (χ2v) is 6.52. The minimum atomic E-state index is -0.307. The van der Waals surface area contributed by atoms with Crippen molar-refractivity contribution < 1.29 is 13.9 Å². The van der Waals surface area contributed by atoms with Crippen LogP contribution < -0.4 is 15.4 Å². The van der Waals surface area contributed by atoms with Gasteiger partial charge in [-0.25, -0.2) is 9.37 Å². The first-order valence-electron chi connectivity index (χ1n) is 9.02. The average molecular weight is 379 g/mol. The zero-order valence-electron chi connectivity index (χ0n) is 15.8. The summed E-state index contributed by atoms with van der Waals surface area (Å²) in [5.74, 6) is 0.179. The minimum Gasteiger partial charge on any atom is -0.491 e. The molecule has 144 valence electrons. The molecule has 0 fully saturated rings. The van der Waals surface area contributed by atoms with E-state index in [0.717, 1.165) is 5.75 Å². The lowest BCUT2D eigenvalue weighted by atomic mass is 10.2. The summed E-state index contributed by atoms with van der Waals surface area (Å²) < 4.78 is 19.2. The normalized spacial score (nSPS) is 10.6. The largest absolute Gasteiger partial charge is 0.491 e. The summed E-state index contributed by atoms with van der Waals surface area (Å²) in [6, 6.07) is 17.1. The summed E-state index contributed by atoms with van der Waals surface area (Å²) in [4.78, 5) is 16.5. The van der Waals surface area contributed by atoms with Crippen molar-refractivity contribution in [2.24, 2.45) is 0 Å². The molecule has 0 unspecified atom stereocenters. The molecule has 5 nitrogen and oxygen atoms in total. The van der Waals surface area contributed by atoms with Crippen molar-refractivity contribution >= 4 is 17.3 Å². The Morgan fingerprint density at radius 1 is 1.04 bits per heavy atom. The number of halogens is 1. The van der Waals surface area contributed by atoms with Crippen LogP contribution in [0.3, 0.4) is 0 Å². The van der Waals surface area contributed by atoms with E-state index in [9.17, 15) is 9.18 Å². The van der Waals surface area contributed by atoms with Crippen LogP contribution >= 0.6 is 0 Å². The molecule has 6 heteroatoms. The predicted molar refractivity (Wildman–Crippen MR) is 108 cm³/mol. The molecule has 0 aliphatic heterocycles. The standard InChI is InChI=1S/C22H22FN3O2/c1-15(2)28-19-10-7-17(8-11-19)26-22(27)21-12-9-18(14-25-21)24-13-16-5-3-4-6-20(16)23/h3-12,14-15,24H,13H2,1-2H3,(H,26,27). The number of aromatic nitrogens is 1. The van der Waals surface area contributed by atoms with Crippen LogP contribution in [-0.2, 0) is 6.54 Å². The average Bonchev–Trinajstić information content (AvgIpc) is 2.69. The monoisotopic (exact) mass is 379 g/mol. The minimum absolute atomic E-state index is 0.0927. The van der Waals surface area contributed by atoms with Crippen molar-refractivity contribution in [3.8, 4) is 5.75 Å². The van der Waals surface area contributed by atoms with Crippen LogP contribution in [0.5, 0.6) is 5.75 Å². The van der Waals surface area contributed by atoms with Gasteiger partial charge in [0.15, 0.2) is 0 Å². The van der Waals surface area contributed by atoms with Gasteiger partial charge in [-0.15, -0.1) is 0 Å². The van der Waals surface area contributed by atoms with E-state index < -0.39 is 0 Å². The van der Waals surface area contributed by atoms with Crippen LogP contribution in [-0.4, -0.2) is 17.0 Å². The molecule has 0 aliphatic carbocycles. The lowest BCUT2D eigenvalue weighted by Crippen LogP contribution is -2.14. The quantitative estimate of drug-likeness (QED) is 0.615. The van der Waals surface area contributed by atoms with E-state index in [-0.39, 0.29) is 17.8 Å². The molecule has 0 saturated carbocycles. The molecule has 1 aromatic heterocycles. The molecule has 0 saturated heterocycles. The fourth-order valence-corrected chi connectivity index (χ4v) is 2.56. The third kappa shape index (κ3) is 5.30. The number of anilines is 2. The van der Waals surface area contributed by atoms with Crippen LogP contribution in [0.2, 0.25) is 0 Å². The number of pyridine rings is 1. The van der Waals surface area contributed by atoms with Gasteiger partial charge in [0, 0.05) is 17.8 Å². The molecule has 28 heavy (non-hydrogen) atoms. The van der Waals surface area contributed by atoms with E-state index in [0.29, 0.717) is 29.2 Å². The van der Waals surface area contributed by atoms with Crippen LogP contribution in [0, 0.1) is 5.82 Å². The van der Waals surface area contributed by atoms with Crippen molar-refractivity contribution in [3.63, 3.8) is 0 Å². The van der Waals surface area contributed by atoms with Gasteiger partial charge in [-0.05, 0) is 56.3 Å². The summed E-state index contributed by atoms with van der Waals surface area (Å²) in [6.45, 7) is 4.25. The van der Waals surface area contributed by atoms with Gasteiger partial charge in [0.1, 0.15) is 17.3 Å². The highest BCUT2D eigenvalue weighted by molar-refractivity contribution is 6.02. The maximum absolute atomic E-state index is 13.6. The predicted octanol–water partition coefficient (Wildman–Crippen LogP) is 4.87. The Labute approximate surface area is 163 Å². The molecule has 2 N–H and O–H groups in total. The van der Waals surface area contributed by atoms with Crippen molar-refractivity contribution in [1.29, 1.82) is 0 Å². The van der Waals surface area contributed by atoms with E-state index in [2.05, 4.69) is 15.6 Å². The fraction of sp³-hybridized carbons (Fsp3) is 0.182. The number of benzene rings is 2. The van der Waals surface area contributed by atoms with Gasteiger partial charge in [0.05, 0.1) is 18.0 Å². The van der Waals surface area contributed by atoms with Gasteiger partial charge in [0.2, 0.25) is 0 Å². The lowest BCUT2D eigenvalue weighted by molar-refractivity contribution is 0.102. The zero-order valence-corrected chi connectivity index (χ0v) is 15.8. The molecule has 0 radical (unpaired) electrons. The smallest absolute Gasteiger partial charge is 0.274 e. The number of amides is 1. The molecule has 3 rings (SSSR count). The van der Waals surface area contributed by atoms with Gasteiger partial charge in [-0.2, -0.15) is 0 Å². The first kappa shape index (κ1) is 19.4. The second kappa shape index (κ2) is 8.99. The van der Waals surface area contributed by atoms with Gasteiger partial charge in [0.25, 0.3) is 5.91 Å². The number of rotatable bonds is 7. The Hall–Kier alpha value is -3.41. The van der Waals surface area contributed by atoms with Gasteiger partial charge in [-0.1, -0.05) is 18.2 Å². The number of nitrogens with one attached hydrogen (secondary N) is 2. The zero-order chi connectivity index (χ0) is 19.9. The molecule has 3 aromatic rings. The highest BCUT2D eigenvalue weighted by Crippen LogP contribution is 2.18. The topological polar surface area (TPSA) is 63.2 Å². The number of hydrogen-bond acceptors (Lipinski definition) is 4. The molecular weight excluding hydrogens is 357 g/mol. The number of nitrogens with zero attached hydrogens (tertiary/aromatic N) is 1. The second-order valence-electron chi connectivity index (χ2n) is 6.52. The summed E-state index contributed by atoms with van der Waals surface area (Å²) in [5.41, 5.74) is 2.22.